The number of ether oxygens (including phenoxy) is 1. The minimum Gasteiger partial charge on any atom is -0.383 e. The molecule has 0 aliphatic carbocycles. The van der Waals surface area contributed by atoms with Gasteiger partial charge in [0.25, 0.3) is 0 Å². The second kappa shape index (κ2) is 7.28. The SMILES string of the molecule is COCCNCCc1nnc(-c2ncccc2C)s1. The van der Waals surface area contributed by atoms with E-state index in [2.05, 4.69) is 20.5 Å². The maximum atomic E-state index is 4.97. The molecule has 2 aromatic rings. The van der Waals surface area contributed by atoms with Crippen LogP contribution in [0, 0.1) is 6.92 Å². The first kappa shape index (κ1) is 14.0. The number of methoxy groups -OCH3 is 1. The molecule has 0 amide bonds. The monoisotopic (exact) mass is 278 g/mol. The number of rotatable bonds is 7. The molecule has 0 spiro atoms. The highest BCUT2D eigenvalue weighted by Crippen LogP contribution is 2.24. The molecule has 0 radical (unpaired) electrons. The van der Waals surface area contributed by atoms with Crippen molar-refractivity contribution in [1.82, 2.24) is 20.5 Å². The summed E-state index contributed by atoms with van der Waals surface area (Å²) in [5, 5.41) is 13.6. The molecule has 0 aromatic carbocycles. The van der Waals surface area contributed by atoms with E-state index in [1.54, 1.807) is 24.6 Å². The maximum absolute atomic E-state index is 4.97. The summed E-state index contributed by atoms with van der Waals surface area (Å²) < 4.78 is 4.97. The number of hydrogen-bond acceptors (Lipinski definition) is 6. The summed E-state index contributed by atoms with van der Waals surface area (Å²) in [5.41, 5.74) is 2.06. The quantitative estimate of drug-likeness (QED) is 0.781. The van der Waals surface area contributed by atoms with E-state index in [0.717, 1.165) is 47.4 Å². The predicted octanol–water partition coefficient (Wildman–Crippen LogP) is 1.69. The lowest BCUT2D eigenvalue weighted by Gasteiger charge is -2.01. The zero-order valence-corrected chi connectivity index (χ0v) is 12.0. The van der Waals surface area contributed by atoms with Gasteiger partial charge in [0.15, 0.2) is 5.01 Å². The van der Waals surface area contributed by atoms with Crippen LogP contribution in [0.4, 0.5) is 0 Å². The van der Waals surface area contributed by atoms with Crippen LogP contribution in [0.15, 0.2) is 18.3 Å². The molecule has 2 heterocycles. The predicted molar refractivity (Wildman–Crippen MR) is 76.3 cm³/mol. The normalized spacial score (nSPS) is 10.8. The smallest absolute Gasteiger partial charge is 0.166 e. The van der Waals surface area contributed by atoms with Gasteiger partial charge in [-0.2, -0.15) is 0 Å². The molecule has 0 saturated carbocycles. The van der Waals surface area contributed by atoms with Gasteiger partial charge in [0, 0.05) is 32.8 Å². The summed E-state index contributed by atoms with van der Waals surface area (Å²) in [6.45, 7) is 4.52. The van der Waals surface area contributed by atoms with E-state index in [-0.39, 0.29) is 0 Å². The highest BCUT2D eigenvalue weighted by atomic mass is 32.1. The average molecular weight is 278 g/mol. The summed E-state index contributed by atoms with van der Waals surface area (Å²) in [4.78, 5) is 4.36. The van der Waals surface area contributed by atoms with Crippen LogP contribution in [0.2, 0.25) is 0 Å². The fraction of sp³-hybridized carbons (Fsp3) is 0.462. The van der Waals surface area contributed by atoms with Crippen molar-refractivity contribution in [1.29, 1.82) is 0 Å². The van der Waals surface area contributed by atoms with Crippen LogP contribution in [0.25, 0.3) is 10.7 Å². The molecule has 0 aliphatic rings. The number of nitrogens with zero attached hydrogens (tertiary/aromatic N) is 3. The number of hydrogen-bond donors (Lipinski definition) is 1. The molecule has 5 nitrogen and oxygen atoms in total. The van der Waals surface area contributed by atoms with E-state index < -0.39 is 0 Å². The standard InChI is InChI=1S/C13H18N4OS/c1-10-4-3-6-15-12(10)13-17-16-11(19-13)5-7-14-8-9-18-2/h3-4,6,14H,5,7-9H2,1-2H3. The third-order valence-electron chi connectivity index (χ3n) is 2.68. The number of nitrogens with one attached hydrogen (secondary N) is 1. The summed E-state index contributed by atoms with van der Waals surface area (Å²) in [7, 11) is 1.70. The Labute approximate surface area is 117 Å². The third kappa shape index (κ3) is 4.05. The van der Waals surface area contributed by atoms with Crippen LogP contribution < -0.4 is 5.32 Å². The Balaban J connectivity index is 1.91. The molecule has 0 unspecified atom stereocenters. The van der Waals surface area contributed by atoms with E-state index in [0.29, 0.717) is 0 Å². The van der Waals surface area contributed by atoms with Crippen molar-refractivity contribution in [3.8, 4) is 10.7 Å². The third-order valence-corrected chi connectivity index (χ3v) is 3.67. The van der Waals surface area contributed by atoms with Crippen LogP contribution >= 0.6 is 11.3 Å². The van der Waals surface area contributed by atoms with Gasteiger partial charge in [0.2, 0.25) is 0 Å². The van der Waals surface area contributed by atoms with Gasteiger partial charge in [0.05, 0.1) is 6.61 Å². The van der Waals surface area contributed by atoms with Gasteiger partial charge in [0.1, 0.15) is 10.7 Å². The van der Waals surface area contributed by atoms with E-state index in [4.69, 9.17) is 4.74 Å². The molecule has 2 rings (SSSR count). The Morgan fingerprint density at radius 1 is 1.32 bits per heavy atom. The summed E-state index contributed by atoms with van der Waals surface area (Å²) >= 11 is 1.61. The second-order valence-corrected chi connectivity index (χ2v) is 5.22. The minimum absolute atomic E-state index is 0.731. The van der Waals surface area contributed by atoms with Gasteiger partial charge in [-0.25, -0.2) is 0 Å². The molecule has 102 valence electrons. The molecule has 19 heavy (non-hydrogen) atoms. The van der Waals surface area contributed by atoms with Gasteiger partial charge in [-0.15, -0.1) is 10.2 Å². The first-order chi connectivity index (χ1) is 9.31. The molecular weight excluding hydrogens is 260 g/mol. The van der Waals surface area contributed by atoms with Crippen LogP contribution in [0.5, 0.6) is 0 Å². The lowest BCUT2D eigenvalue weighted by molar-refractivity contribution is 0.199. The zero-order chi connectivity index (χ0) is 13.5. The Bertz CT molecular complexity index is 515. The Hall–Kier alpha value is -1.37. The number of aromatic nitrogens is 3. The van der Waals surface area contributed by atoms with Crippen LogP contribution in [0.1, 0.15) is 10.6 Å². The van der Waals surface area contributed by atoms with Gasteiger partial charge in [-0.1, -0.05) is 17.4 Å². The largest absolute Gasteiger partial charge is 0.383 e. The lowest BCUT2D eigenvalue weighted by atomic mass is 10.2. The van der Waals surface area contributed by atoms with Gasteiger partial charge < -0.3 is 10.1 Å². The molecule has 0 aliphatic heterocycles. The van der Waals surface area contributed by atoms with Crippen LogP contribution in [0.3, 0.4) is 0 Å². The first-order valence-electron chi connectivity index (χ1n) is 6.25. The van der Waals surface area contributed by atoms with Crippen LogP contribution in [-0.2, 0) is 11.2 Å². The van der Waals surface area contributed by atoms with Gasteiger partial charge >= 0.3 is 0 Å². The molecule has 0 saturated heterocycles. The van der Waals surface area contributed by atoms with E-state index in [1.165, 1.54) is 0 Å². The fourth-order valence-corrected chi connectivity index (χ4v) is 2.56. The maximum Gasteiger partial charge on any atom is 0.166 e. The number of pyridine rings is 1. The first-order valence-corrected chi connectivity index (χ1v) is 7.07. The van der Waals surface area contributed by atoms with Crippen LogP contribution in [-0.4, -0.2) is 42.0 Å². The minimum atomic E-state index is 0.731. The lowest BCUT2D eigenvalue weighted by Crippen LogP contribution is -2.21. The second-order valence-electron chi connectivity index (χ2n) is 4.16. The van der Waals surface area contributed by atoms with E-state index in [9.17, 15) is 0 Å². The highest BCUT2D eigenvalue weighted by Gasteiger charge is 2.09. The van der Waals surface area contributed by atoms with Gasteiger partial charge in [-0.3, -0.25) is 4.98 Å². The molecular formula is C13H18N4OS. The molecule has 6 heteroatoms. The Morgan fingerprint density at radius 2 is 2.21 bits per heavy atom. The average Bonchev–Trinajstić information content (AvgIpc) is 2.88. The van der Waals surface area contributed by atoms with Crippen molar-refractivity contribution < 1.29 is 4.74 Å². The summed E-state index contributed by atoms with van der Waals surface area (Å²) in [6.07, 6.45) is 2.67. The molecule has 1 N–H and O–H groups in total. The Morgan fingerprint density at radius 3 is 3.00 bits per heavy atom. The molecule has 0 bridgehead atoms. The van der Waals surface area contributed by atoms with Crippen molar-refractivity contribution >= 4 is 11.3 Å². The number of aryl methyl sites for hydroxylation is 1. The highest BCUT2D eigenvalue weighted by molar-refractivity contribution is 7.14. The van der Waals surface area contributed by atoms with E-state index in [1.807, 2.05) is 19.1 Å². The Kier molecular flexibility index (Phi) is 5.38. The van der Waals surface area contributed by atoms with E-state index >= 15 is 0 Å². The molecule has 2 aromatic heterocycles. The van der Waals surface area contributed by atoms with Gasteiger partial charge in [-0.05, 0) is 18.6 Å². The van der Waals surface area contributed by atoms with Crippen molar-refractivity contribution in [3.05, 3.63) is 28.9 Å². The topological polar surface area (TPSA) is 59.9 Å². The molecule has 0 atom stereocenters. The van der Waals surface area contributed by atoms with Crippen molar-refractivity contribution in [2.75, 3.05) is 26.8 Å². The summed E-state index contributed by atoms with van der Waals surface area (Å²) in [6, 6.07) is 3.97. The molecule has 0 fully saturated rings. The van der Waals surface area contributed by atoms with Crippen molar-refractivity contribution in [2.45, 2.75) is 13.3 Å². The van der Waals surface area contributed by atoms with Crippen molar-refractivity contribution in [3.63, 3.8) is 0 Å². The summed E-state index contributed by atoms with van der Waals surface area (Å²) in [5.74, 6) is 0. The van der Waals surface area contributed by atoms with Crippen molar-refractivity contribution in [2.24, 2.45) is 0 Å². The fourth-order valence-electron chi connectivity index (χ4n) is 1.65. The zero-order valence-electron chi connectivity index (χ0n) is 11.2.